The van der Waals surface area contributed by atoms with E-state index in [1.54, 1.807) is 10.2 Å². The van der Waals surface area contributed by atoms with Crippen molar-refractivity contribution in [1.82, 2.24) is 10.2 Å². The molecule has 0 aliphatic carbocycles. The van der Waals surface area contributed by atoms with Gasteiger partial charge in [-0.2, -0.15) is 26.3 Å². The molecule has 124 valence electrons. The maximum atomic E-state index is 12.5. The normalized spacial score (nSPS) is 20.3. The number of alkyl halides is 6. The summed E-state index contributed by atoms with van der Waals surface area (Å²) in [4.78, 5) is 12.1. The summed E-state index contributed by atoms with van der Waals surface area (Å²) in [6.07, 6.45) is -10.4. The van der Waals surface area contributed by atoms with Crippen LogP contribution in [0.25, 0.3) is 0 Å². The van der Waals surface area contributed by atoms with E-state index in [9.17, 15) is 36.2 Å². The van der Waals surface area contributed by atoms with E-state index < -0.39 is 36.7 Å². The van der Waals surface area contributed by atoms with Crippen LogP contribution in [-0.4, -0.2) is 60.0 Å². The van der Waals surface area contributed by atoms with Crippen LogP contribution in [0.4, 0.5) is 26.3 Å². The lowest BCUT2D eigenvalue weighted by Gasteiger charge is -2.39. The van der Waals surface area contributed by atoms with E-state index in [1.807, 2.05) is 0 Å². The van der Waals surface area contributed by atoms with Crippen LogP contribution in [-0.2, 0) is 4.79 Å². The summed E-state index contributed by atoms with van der Waals surface area (Å²) < 4.78 is 73.2. The van der Waals surface area contributed by atoms with Crippen molar-refractivity contribution in [3.63, 3.8) is 0 Å². The summed E-state index contributed by atoms with van der Waals surface area (Å²) >= 11 is 0. The van der Waals surface area contributed by atoms with Crippen molar-refractivity contribution in [2.45, 2.75) is 37.2 Å². The molecule has 0 spiro atoms. The van der Waals surface area contributed by atoms with Gasteiger partial charge in [0, 0.05) is 19.6 Å². The van der Waals surface area contributed by atoms with Crippen molar-refractivity contribution < 1.29 is 36.2 Å². The highest BCUT2D eigenvalue weighted by molar-refractivity contribution is 5.81. The minimum absolute atomic E-state index is 0.00320. The first-order chi connectivity index (χ1) is 9.46. The molecule has 0 bridgehead atoms. The Morgan fingerprint density at radius 2 is 1.67 bits per heavy atom. The molecule has 1 rings (SSSR count). The summed E-state index contributed by atoms with van der Waals surface area (Å²) in [5, 5.41) is 11.1. The topological polar surface area (TPSA) is 52.6 Å². The Morgan fingerprint density at radius 1 is 1.14 bits per heavy atom. The molecule has 0 aromatic carbocycles. The average Bonchev–Trinajstić information content (AvgIpc) is 2.34. The summed E-state index contributed by atoms with van der Waals surface area (Å²) in [7, 11) is 0. The zero-order chi connectivity index (χ0) is 16.3. The van der Waals surface area contributed by atoms with Gasteiger partial charge in [-0.05, 0) is 25.8 Å². The van der Waals surface area contributed by atoms with Crippen molar-refractivity contribution in [3.05, 3.63) is 0 Å². The van der Waals surface area contributed by atoms with Crippen LogP contribution in [0.1, 0.15) is 19.3 Å². The molecular weight excluding hydrogens is 306 g/mol. The van der Waals surface area contributed by atoms with Crippen molar-refractivity contribution in [1.29, 1.82) is 0 Å². The summed E-state index contributed by atoms with van der Waals surface area (Å²) in [5.74, 6) is -2.03. The van der Waals surface area contributed by atoms with Crippen LogP contribution in [0.15, 0.2) is 0 Å². The van der Waals surface area contributed by atoms with Crippen molar-refractivity contribution >= 4 is 5.91 Å². The highest BCUT2D eigenvalue weighted by atomic mass is 19.4. The zero-order valence-corrected chi connectivity index (χ0v) is 11.0. The number of aliphatic hydroxyl groups is 1. The van der Waals surface area contributed by atoms with Gasteiger partial charge in [0.1, 0.15) is 0 Å². The minimum Gasteiger partial charge on any atom is -0.380 e. The number of piperidine rings is 1. The summed E-state index contributed by atoms with van der Waals surface area (Å²) in [6.45, 7) is 0.0525. The van der Waals surface area contributed by atoms with E-state index in [-0.39, 0.29) is 32.6 Å². The maximum Gasteiger partial charge on any atom is 0.471 e. The second-order valence-electron chi connectivity index (χ2n) is 4.98. The predicted octanol–water partition coefficient (Wildman–Crippen LogP) is 1.44. The van der Waals surface area contributed by atoms with E-state index in [0.29, 0.717) is 0 Å². The third-order valence-electron chi connectivity index (χ3n) is 3.41. The molecule has 1 aliphatic heterocycles. The number of hydrogen-bond donors (Lipinski definition) is 2. The SMILES string of the molecule is O=C(NCCCN1CCC(O)(C(F)(F)F)CC1)C(F)(F)F. The fourth-order valence-corrected chi connectivity index (χ4v) is 2.03. The van der Waals surface area contributed by atoms with Crippen LogP contribution in [0.2, 0.25) is 0 Å². The number of carbonyl (C=O) groups excluding carboxylic acids is 1. The van der Waals surface area contributed by atoms with E-state index in [4.69, 9.17) is 0 Å². The van der Waals surface area contributed by atoms with E-state index in [2.05, 4.69) is 0 Å². The fraction of sp³-hybridized carbons (Fsp3) is 0.909. The quantitative estimate of drug-likeness (QED) is 0.608. The first kappa shape index (κ1) is 18.0. The zero-order valence-electron chi connectivity index (χ0n) is 11.0. The van der Waals surface area contributed by atoms with Gasteiger partial charge >= 0.3 is 18.3 Å². The van der Waals surface area contributed by atoms with Gasteiger partial charge in [-0.1, -0.05) is 0 Å². The molecule has 1 fully saturated rings. The van der Waals surface area contributed by atoms with Gasteiger partial charge in [-0.25, -0.2) is 0 Å². The number of hydrogen-bond acceptors (Lipinski definition) is 3. The molecule has 0 aromatic heterocycles. The van der Waals surface area contributed by atoms with Crippen molar-refractivity contribution in [2.75, 3.05) is 26.2 Å². The molecule has 0 atom stereocenters. The molecule has 0 saturated carbocycles. The molecule has 10 heteroatoms. The minimum atomic E-state index is -4.94. The van der Waals surface area contributed by atoms with Gasteiger partial charge in [-0.3, -0.25) is 4.79 Å². The second-order valence-corrected chi connectivity index (χ2v) is 4.98. The van der Waals surface area contributed by atoms with Gasteiger partial charge < -0.3 is 15.3 Å². The smallest absolute Gasteiger partial charge is 0.380 e. The Kier molecular flexibility index (Phi) is 5.48. The number of nitrogens with one attached hydrogen (secondary N) is 1. The first-order valence-corrected chi connectivity index (χ1v) is 6.32. The fourth-order valence-electron chi connectivity index (χ4n) is 2.03. The molecule has 1 aliphatic rings. The largest absolute Gasteiger partial charge is 0.471 e. The second kappa shape index (κ2) is 6.39. The van der Waals surface area contributed by atoms with Gasteiger partial charge in [0.25, 0.3) is 0 Å². The molecular formula is C11H16F6N2O2. The lowest BCUT2D eigenvalue weighted by Crippen LogP contribution is -2.53. The van der Waals surface area contributed by atoms with Crippen LogP contribution < -0.4 is 5.32 Å². The number of amides is 1. The standard InChI is InChI=1S/C11H16F6N2O2/c12-10(13,14)8(20)18-4-1-5-19-6-2-9(21,3-7-19)11(15,16)17/h21H,1-7H2,(H,18,20). The van der Waals surface area contributed by atoms with Crippen LogP contribution in [0.5, 0.6) is 0 Å². The molecule has 0 aromatic rings. The van der Waals surface area contributed by atoms with Gasteiger partial charge in [0.05, 0.1) is 0 Å². The molecule has 4 nitrogen and oxygen atoms in total. The summed E-state index contributed by atoms with van der Waals surface area (Å²) in [5.41, 5.74) is -2.69. The molecule has 1 amide bonds. The third-order valence-corrected chi connectivity index (χ3v) is 3.41. The lowest BCUT2D eigenvalue weighted by molar-refractivity contribution is -0.272. The maximum absolute atomic E-state index is 12.5. The molecule has 0 radical (unpaired) electrons. The summed E-state index contributed by atoms with van der Waals surface area (Å²) in [6, 6.07) is 0. The van der Waals surface area contributed by atoms with Gasteiger partial charge in [-0.15, -0.1) is 0 Å². The van der Waals surface area contributed by atoms with Gasteiger partial charge in [0.2, 0.25) is 0 Å². The predicted molar refractivity (Wildman–Crippen MR) is 60.4 cm³/mol. The van der Waals surface area contributed by atoms with E-state index in [0.717, 1.165) is 0 Å². The Morgan fingerprint density at radius 3 is 2.10 bits per heavy atom. The van der Waals surface area contributed by atoms with E-state index >= 15 is 0 Å². The van der Waals surface area contributed by atoms with Crippen LogP contribution in [0, 0.1) is 0 Å². The van der Waals surface area contributed by atoms with Gasteiger partial charge in [0.15, 0.2) is 5.60 Å². The first-order valence-electron chi connectivity index (χ1n) is 6.32. The third kappa shape index (κ3) is 5.03. The number of likely N-dealkylation sites (tertiary alicyclic amines) is 1. The van der Waals surface area contributed by atoms with Crippen LogP contribution >= 0.6 is 0 Å². The number of rotatable bonds is 4. The highest BCUT2D eigenvalue weighted by Crippen LogP contribution is 2.38. The Hall–Kier alpha value is -1.03. The van der Waals surface area contributed by atoms with Crippen molar-refractivity contribution in [2.24, 2.45) is 0 Å². The number of carbonyl (C=O) groups is 1. The molecule has 1 heterocycles. The molecule has 0 unspecified atom stereocenters. The molecule has 21 heavy (non-hydrogen) atoms. The molecule has 1 saturated heterocycles. The monoisotopic (exact) mass is 322 g/mol. The Bertz CT molecular complexity index is 361. The van der Waals surface area contributed by atoms with Crippen LogP contribution in [0.3, 0.4) is 0 Å². The Balaban J connectivity index is 2.24. The number of halogens is 6. The molecule has 2 N–H and O–H groups in total. The number of nitrogens with zero attached hydrogens (tertiary/aromatic N) is 1. The van der Waals surface area contributed by atoms with E-state index in [1.165, 1.54) is 0 Å². The lowest BCUT2D eigenvalue weighted by atomic mass is 9.91. The Labute approximate surface area is 117 Å². The van der Waals surface area contributed by atoms with Crippen molar-refractivity contribution in [3.8, 4) is 0 Å². The highest BCUT2D eigenvalue weighted by Gasteiger charge is 2.54. The average molecular weight is 322 g/mol.